The Bertz CT molecular complexity index is 892. The lowest BCUT2D eigenvalue weighted by atomic mass is 10.1. The van der Waals surface area contributed by atoms with E-state index in [1.54, 1.807) is 30.3 Å². The number of halogens is 3. The van der Waals surface area contributed by atoms with Crippen molar-refractivity contribution < 1.29 is 22.6 Å². The standard InChI is InChI=1S/C15H8F3N3O3/c16-15(17,18)12-8-10(21(22)23)6-7-11(12)13-19-14(24-20-13)9-4-2-1-3-5-9/h1-8H. The molecule has 2 aromatic carbocycles. The molecule has 0 aliphatic heterocycles. The van der Waals surface area contributed by atoms with Gasteiger partial charge in [-0.05, 0) is 18.2 Å². The summed E-state index contributed by atoms with van der Waals surface area (Å²) >= 11 is 0. The Kier molecular flexibility index (Phi) is 3.76. The van der Waals surface area contributed by atoms with Crippen molar-refractivity contribution in [3.05, 3.63) is 64.2 Å². The number of alkyl halides is 3. The Hall–Kier alpha value is -3.23. The van der Waals surface area contributed by atoms with Gasteiger partial charge in [0.1, 0.15) is 0 Å². The lowest BCUT2D eigenvalue weighted by molar-refractivity contribution is -0.385. The molecule has 1 aromatic heterocycles. The fourth-order valence-electron chi connectivity index (χ4n) is 2.11. The van der Waals surface area contributed by atoms with E-state index in [-0.39, 0.29) is 17.3 Å². The molecule has 0 saturated carbocycles. The van der Waals surface area contributed by atoms with Gasteiger partial charge in [0.15, 0.2) is 0 Å². The monoisotopic (exact) mass is 335 g/mol. The van der Waals surface area contributed by atoms with E-state index in [1.165, 1.54) is 0 Å². The maximum absolute atomic E-state index is 13.2. The summed E-state index contributed by atoms with van der Waals surface area (Å²) in [6.07, 6.45) is -4.80. The second-order valence-electron chi connectivity index (χ2n) is 4.77. The number of non-ortho nitro benzene ring substituents is 1. The van der Waals surface area contributed by atoms with Crippen LogP contribution in [-0.2, 0) is 6.18 Å². The highest BCUT2D eigenvalue weighted by atomic mass is 19.4. The van der Waals surface area contributed by atoms with Gasteiger partial charge in [0.05, 0.1) is 10.5 Å². The fraction of sp³-hybridized carbons (Fsp3) is 0.0667. The number of nitro benzene ring substituents is 1. The molecule has 9 heteroatoms. The minimum absolute atomic E-state index is 0.0528. The molecule has 1 heterocycles. The number of rotatable bonds is 3. The van der Waals surface area contributed by atoms with Gasteiger partial charge in [0.25, 0.3) is 11.6 Å². The number of hydrogen-bond donors (Lipinski definition) is 0. The van der Waals surface area contributed by atoms with Gasteiger partial charge in [-0.25, -0.2) is 0 Å². The highest BCUT2D eigenvalue weighted by Crippen LogP contribution is 2.38. The van der Waals surface area contributed by atoms with E-state index in [1.807, 2.05) is 0 Å². The quantitative estimate of drug-likeness (QED) is 0.525. The predicted molar refractivity (Wildman–Crippen MR) is 76.8 cm³/mol. The van der Waals surface area contributed by atoms with Gasteiger partial charge in [-0.2, -0.15) is 18.2 Å². The van der Waals surface area contributed by atoms with Gasteiger partial charge in [0.2, 0.25) is 5.82 Å². The van der Waals surface area contributed by atoms with Gasteiger partial charge < -0.3 is 4.52 Å². The second kappa shape index (κ2) is 5.76. The Morgan fingerprint density at radius 1 is 1.08 bits per heavy atom. The van der Waals surface area contributed by atoms with E-state index >= 15 is 0 Å². The van der Waals surface area contributed by atoms with Crippen LogP contribution in [0.3, 0.4) is 0 Å². The third kappa shape index (κ3) is 2.96. The van der Waals surface area contributed by atoms with Crippen LogP contribution in [0, 0.1) is 10.1 Å². The first-order valence-electron chi connectivity index (χ1n) is 6.61. The van der Waals surface area contributed by atoms with Crippen LogP contribution in [0.4, 0.5) is 18.9 Å². The summed E-state index contributed by atoms with van der Waals surface area (Å²) < 4.78 is 44.6. The predicted octanol–water partition coefficient (Wildman–Crippen LogP) is 4.33. The first kappa shape index (κ1) is 15.7. The molecule has 122 valence electrons. The maximum Gasteiger partial charge on any atom is 0.417 e. The van der Waals surface area contributed by atoms with Crippen molar-refractivity contribution in [2.75, 3.05) is 0 Å². The van der Waals surface area contributed by atoms with Crippen LogP contribution >= 0.6 is 0 Å². The van der Waals surface area contributed by atoms with Gasteiger partial charge in [-0.15, -0.1) is 0 Å². The molecule has 0 spiro atoms. The van der Waals surface area contributed by atoms with Crippen LogP contribution in [0.1, 0.15) is 5.56 Å². The minimum atomic E-state index is -4.80. The van der Waals surface area contributed by atoms with E-state index in [0.717, 1.165) is 12.1 Å². The molecule has 0 fully saturated rings. The number of nitro groups is 1. The number of aromatic nitrogens is 2. The molecule has 0 N–H and O–H groups in total. The number of benzene rings is 2. The van der Waals surface area contributed by atoms with E-state index in [2.05, 4.69) is 10.1 Å². The van der Waals surface area contributed by atoms with Crippen LogP contribution in [0.2, 0.25) is 0 Å². The third-order valence-electron chi connectivity index (χ3n) is 3.21. The molecule has 3 aromatic rings. The van der Waals surface area contributed by atoms with Crippen LogP contribution in [0.5, 0.6) is 0 Å². The molecule has 0 aliphatic carbocycles. The van der Waals surface area contributed by atoms with E-state index in [4.69, 9.17) is 4.52 Å². The van der Waals surface area contributed by atoms with Crippen molar-refractivity contribution in [2.45, 2.75) is 6.18 Å². The Morgan fingerprint density at radius 3 is 2.42 bits per heavy atom. The summed E-state index contributed by atoms with van der Waals surface area (Å²) in [5.74, 6) is -0.242. The Morgan fingerprint density at radius 2 is 1.79 bits per heavy atom. The summed E-state index contributed by atoms with van der Waals surface area (Å²) in [6.45, 7) is 0. The summed E-state index contributed by atoms with van der Waals surface area (Å²) in [5.41, 5.74) is -1.71. The first-order valence-corrected chi connectivity index (χ1v) is 6.61. The average molecular weight is 335 g/mol. The zero-order valence-corrected chi connectivity index (χ0v) is 11.8. The molecule has 24 heavy (non-hydrogen) atoms. The summed E-state index contributed by atoms with van der Waals surface area (Å²) in [7, 11) is 0. The maximum atomic E-state index is 13.2. The van der Waals surface area contributed by atoms with Crippen molar-refractivity contribution in [3.63, 3.8) is 0 Å². The normalized spacial score (nSPS) is 11.5. The van der Waals surface area contributed by atoms with Crippen LogP contribution < -0.4 is 0 Å². The molecule has 0 radical (unpaired) electrons. The highest BCUT2D eigenvalue weighted by Gasteiger charge is 2.36. The highest BCUT2D eigenvalue weighted by molar-refractivity contribution is 5.65. The average Bonchev–Trinajstić information content (AvgIpc) is 3.04. The van der Waals surface area contributed by atoms with Crippen LogP contribution in [-0.4, -0.2) is 15.1 Å². The fourth-order valence-corrected chi connectivity index (χ4v) is 2.11. The lowest BCUT2D eigenvalue weighted by Gasteiger charge is -2.09. The molecule has 0 saturated heterocycles. The molecular formula is C15H8F3N3O3. The van der Waals surface area contributed by atoms with Crippen molar-refractivity contribution in [3.8, 4) is 22.8 Å². The van der Waals surface area contributed by atoms with Gasteiger partial charge in [-0.1, -0.05) is 23.4 Å². The third-order valence-corrected chi connectivity index (χ3v) is 3.21. The number of nitrogens with zero attached hydrogens (tertiary/aromatic N) is 3. The summed E-state index contributed by atoms with van der Waals surface area (Å²) in [4.78, 5) is 13.8. The molecule has 0 bridgehead atoms. The Labute approximate surface area is 132 Å². The molecule has 0 unspecified atom stereocenters. The smallest absolute Gasteiger partial charge is 0.334 e. The SMILES string of the molecule is O=[N+]([O-])c1ccc(-c2noc(-c3ccccc3)n2)c(C(F)(F)F)c1. The van der Waals surface area contributed by atoms with Crippen molar-refractivity contribution >= 4 is 5.69 Å². The largest absolute Gasteiger partial charge is 0.417 e. The Balaban J connectivity index is 2.10. The summed E-state index contributed by atoms with van der Waals surface area (Å²) in [5, 5.41) is 14.3. The first-order chi connectivity index (χ1) is 11.4. The molecule has 0 amide bonds. The second-order valence-corrected chi connectivity index (χ2v) is 4.77. The van der Waals surface area contributed by atoms with Gasteiger partial charge >= 0.3 is 6.18 Å². The molecule has 6 nitrogen and oxygen atoms in total. The van der Waals surface area contributed by atoms with Crippen LogP contribution in [0.15, 0.2) is 53.1 Å². The van der Waals surface area contributed by atoms with Gasteiger partial charge in [-0.3, -0.25) is 10.1 Å². The zero-order valence-electron chi connectivity index (χ0n) is 11.8. The van der Waals surface area contributed by atoms with E-state index in [0.29, 0.717) is 11.6 Å². The molecular weight excluding hydrogens is 327 g/mol. The van der Waals surface area contributed by atoms with Crippen molar-refractivity contribution in [1.82, 2.24) is 10.1 Å². The van der Waals surface area contributed by atoms with E-state index in [9.17, 15) is 23.3 Å². The zero-order chi connectivity index (χ0) is 17.3. The molecule has 0 atom stereocenters. The molecule has 0 aliphatic rings. The topological polar surface area (TPSA) is 82.1 Å². The van der Waals surface area contributed by atoms with Crippen molar-refractivity contribution in [2.24, 2.45) is 0 Å². The summed E-state index contributed by atoms with van der Waals surface area (Å²) in [6, 6.07) is 10.9. The van der Waals surface area contributed by atoms with Gasteiger partial charge in [0, 0.05) is 23.3 Å². The number of hydrogen-bond acceptors (Lipinski definition) is 5. The lowest BCUT2D eigenvalue weighted by Crippen LogP contribution is -2.08. The van der Waals surface area contributed by atoms with Crippen LogP contribution in [0.25, 0.3) is 22.8 Å². The minimum Gasteiger partial charge on any atom is -0.334 e. The van der Waals surface area contributed by atoms with E-state index < -0.39 is 22.4 Å². The molecule has 3 rings (SSSR count). The van der Waals surface area contributed by atoms with Crippen molar-refractivity contribution in [1.29, 1.82) is 0 Å².